The van der Waals surface area contributed by atoms with E-state index >= 15 is 0 Å². The Hall–Kier alpha value is -2.39. The highest BCUT2D eigenvalue weighted by Gasteiger charge is 2.31. The molecule has 2 aromatic rings. The Balaban J connectivity index is 1.46. The molecule has 9 heteroatoms. The average Bonchev–Trinajstić information content (AvgIpc) is 3.22. The van der Waals surface area contributed by atoms with E-state index in [-0.39, 0.29) is 11.5 Å². The second-order valence-electron chi connectivity index (χ2n) is 6.48. The molecule has 1 saturated heterocycles. The Bertz CT molecular complexity index is 816. The Kier molecular flexibility index (Phi) is 6.35. The van der Waals surface area contributed by atoms with E-state index < -0.39 is 17.6 Å². The van der Waals surface area contributed by atoms with E-state index in [9.17, 15) is 22.8 Å². The number of thiophene rings is 1. The number of hydrogen-bond acceptors (Lipinski definition) is 4. The van der Waals surface area contributed by atoms with Crippen LogP contribution < -0.4 is 5.32 Å². The van der Waals surface area contributed by atoms with Gasteiger partial charge in [-0.1, -0.05) is 6.07 Å². The first-order valence-corrected chi connectivity index (χ1v) is 9.78. The molecule has 0 radical (unpaired) electrons. The van der Waals surface area contributed by atoms with E-state index in [0.717, 1.165) is 12.1 Å². The maximum absolute atomic E-state index is 12.8. The van der Waals surface area contributed by atoms with Crippen molar-refractivity contribution in [2.75, 3.05) is 39.3 Å². The summed E-state index contributed by atoms with van der Waals surface area (Å²) in [7, 11) is 0. The van der Waals surface area contributed by atoms with Crippen molar-refractivity contribution in [2.24, 2.45) is 0 Å². The predicted octanol–water partition coefficient (Wildman–Crippen LogP) is 2.95. The number of rotatable bonds is 5. The SMILES string of the molecule is O=C(NCCN1CCN(C(=O)c2cccc(C(F)(F)F)c2)CC1)c1ccsc1. The number of halogens is 3. The van der Waals surface area contributed by atoms with Crippen LogP contribution in [0.3, 0.4) is 0 Å². The molecule has 5 nitrogen and oxygen atoms in total. The molecule has 150 valence electrons. The van der Waals surface area contributed by atoms with Crippen LogP contribution in [0.2, 0.25) is 0 Å². The van der Waals surface area contributed by atoms with Crippen molar-refractivity contribution < 1.29 is 22.8 Å². The molecule has 1 aromatic carbocycles. The Morgan fingerprint density at radius 1 is 1.07 bits per heavy atom. The highest BCUT2D eigenvalue weighted by atomic mass is 32.1. The number of hydrogen-bond donors (Lipinski definition) is 1. The topological polar surface area (TPSA) is 52.7 Å². The van der Waals surface area contributed by atoms with Gasteiger partial charge in [0.15, 0.2) is 0 Å². The number of carbonyl (C=O) groups is 2. The molecule has 0 spiro atoms. The maximum atomic E-state index is 12.8. The van der Waals surface area contributed by atoms with E-state index in [0.29, 0.717) is 44.8 Å². The van der Waals surface area contributed by atoms with Crippen molar-refractivity contribution in [3.63, 3.8) is 0 Å². The van der Waals surface area contributed by atoms with Crippen LogP contribution in [0, 0.1) is 0 Å². The minimum absolute atomic E-state index is 0.0475. The van der Waals surface area contributed by atoms with Crippen molar-refractivity contribution in [3.8, 4) is 0 Å². The highest BCUT2D eigenvalue weighted by molar-refractivity contribution is 7.08. The number of carbonyl (C=O) groups excluding carboxylic acids is 2. The quantitative estimate of drug-likeness (QED) is 0.823. The second kappa shape index (κ2) is 8.74. The average molecular weight is 411 g/mol. The minimum atomic E-state index is -4.47. The fraction of sp³-hybridized carbons (Fsp3) is 0.368. The second-order valence-corrected chi connectivity index (χ2v) is 7.26. The first kappa shape index (κ1) is 20.3. The van der Waals surface area contributed by atoms with Gasteiger partial charge in [0.25, 0.3) is 11.8 Å². The van der Waals surface area contributed by atoms with Crippen LogP contribution in [0.1, 0.15) is 26.3 Å². The lowest BCUT2D eigenvalue weighted by Crippen LogP contribution is -2.50. The van der Waals surface area contributed by atoms with Crippen LogP contribution in [0.15, 0.2) is 41.1 Å². The van der Waals surface area contributed by atoms with Gasteiger partial charge in [0.1, 0.15) is 0 Å². The number of nitrogens with zero attached hydrogens (tertiary/aromatic N) is 2. The van der Waals surface area contributed by atoms with Gasteiger partial charge in [-0.05, 0) is 29.6 Å². The van der Waals surface area contributed by atoms with Crippen molar-refractivity contribution >= 4 is 23.2 Å². The highest BCUT2D eigenvalue weighted by Crippen LogP contribution is 2.29. The van der Waals surface area contributed by atoms with Crippen LogP contribution >= 0.6 is 11.3 Å². The first-order valence-electron chi connectivity index (χ1n) is 8.84. The van der Waals surface area contributed by atoms with Gasteiger partial charge in [-0.25, -0.2) is 0 Å². The Morgan fingerprint density at radius 3 is 2.46 bits per heavy atom. The molecule has 1 aliphatic rings. The molecule has 0 bridgehead atoms. The van der Waals surface area contributed by atoms with Crippen LogP contribution in [-0.4, -0.2) is 60.9 Å². The number of benzene rings is 1. The third kappa shape index (κ3) is 5.11. The molecular weight excluding hydrogens is 391 g/mol. The normalized spacial score (nSPS) is 15.5. The molecule has 1 aliphatic heterocycles. The number of alkyl halides is 3. The minimum Gasteiger partial charge on any atom is -0.351 e. The summed E-state index contributed by atoms with van der Waals surface area (Å²) in [6, 6.07) is 6.28. The molecule has 0 aliphatic carbocycles. The molecule has 2 heterocycles. The van der Waals surface area contributed by atoms with E-state index in [4.69, 9.17) is 0 Å². The number of piperazine rings is 1. The van der Waals surface area contributed by atoms with Gasteiger partial charge in [0, 0.05) is 55.8 Å². The number of nitrogens with one attached hydrogen (secondary N) is 1. The third-order valence-electron chi connectivity index (χ3n) is 4.59. The zero-order valence-corrected chi connectivity index (χ0v) is 15.9. The fourth-order valence-electron chi connectivity index (χ4n) is 3.01. The van der Waals surface area contributed by atoms with Crippen molar-refractivity contribution in [2.45, 2.75) is 6.18 Å². The summed E-state index contributed by atoms with van der Waals surface area (Å²) in [5, 5.41) is 6.48. The van der Waals surface area contributed by atoms with Gasteiger partial charge in [-0.15, -0.1) is 0 Å². The summed E-state index contributed by atoms with van der Waals surface area (Å²) in [5.41, 5.74) is -0.133. The fourth-order valence-corrected chi connectivity index (χ4v) is 3.64. The molecule has 0 unspecified atom stereocenters. The van der Waals surface area contributed by atoms with Gasteiger partial charge in [-0.3, -0.25) is 14.5 Å². The monoisotopic (exact) mass is 411 g/mol. The zero-order chi connectivity index (χ0) is 20.1. The van der Waals surface area contributed by atoms with Gasteiger partial charge in [0.05, 0.1) is 5.56 Å². The first-order chi connectivity index (χ1) is 13.3. The summed E-state index contributed by atoms with van der Waals surface area (Å²) in [6.07, 6.45) is -4.47. The Morgan fingerprint density at radius 2 is 1.82 bits per heavy atom. The van der Waals surface area contributed by atoms with Crippen LogP contribution in [0.5, 0.6) is 0 Å². The molecular formula is C19H20F3N3O2S. The van der Waals surface area contributed by atoms with E-state index in [1.165, 1.54) is 23.5 Å². The molecule has 1 N–H and O–H groups in total. The Labute approximate surface area is 164 Å². The zero-order valence-electron chi connectivity index (χ0n) is 15.0. The lowest BCUT2D eigenvalue weighted by Gasteiger charge is -2.34. The lowest BCUT2D eigenvalue weighted by atomic mass is 10.1. The molecule has 1 fully saturated rings. The summed E-state index contributed by atoms with van der Waals surface area (Å²) < 4.78 is 38.5. The van der Waals surface area contributed by atoms with Crippen molar-refractivity contribution in [1.29, 1.82) is 0 Å². The maximum Gasteiger partial charge on any atom is 0.416 e. The van der Waals surface area contributed by atoms with E-state index in [2.05, 4.69) is 10.2 Å². The number of amides is 2. The molecule has 28 heavy (non-hydrogen) atoms. The van der Waals surface area contributed by atoms with E-state index in [1.807, 2.05) is 5.38 Å². The van der Waals surface area contributed by atoms with Gasteiger partial charge >= 0.3 is 6.18 Å². The van der Waals surface area contributed by atoms with Gasteiger partial charge in [0.2, 0.25) is 0 Å². The smallest absolute Gasteiger partial charge is 0.351 e. The van der Waals surface area contributed by atoms with Crippen LogP contribution in [0.4, 0.5) is 13.2 Å². The standard InChI is InChI=1S/C19H20F3N3O2S/c20-19(21,22)16-3-1-2-14(12-16)18(27)25-9-7-24(8-10-25)6-5-23-17(26)15-4-11-28-13-15/h1-4,11-13H,5-10H2,(H,23,26). The third-order valence-corrected chi connectivity index (χ3v) is 5.28. The van der Waals surface area contributed by atoms with Gasteiger partial charge in [-0.2, -0.15) is 24.5 Å². The summed E-state index contributed by atoms with van der Waals surface area (Å²) in [5.74, 6) is -0.504. The van der Waals surface area contributed by atoms with Crippen LogP contribution in [0.25, 0.3) is 0 Å². The predicted molar refractivity (Wildman–Crippen MR) is 100 cm³/mol. The summed E-state index contributed by atoms with van der Waals surface area (Å²) in [4.78, 5) is 28.1. The van der Waals surface area contributed by atoms with Gasteiger partial charge < -0.3 is 10.2 Å². The molecule has 1 aromatic heterocycles. The van der Waals surface area contributed by atoms with Crippen LogP contribution in [-0.2, 0) is 6.18 Å². The molecule has 0 saturated carbocycles. The van der Waals surface area contributed by atoms with Crippen molar-refractivity contribution in [3.05, 3.63) is 57.8 Å². The van der Waals surface area contributed by atoms with E-state index in [1.54, 1.807) is 16.3 Å². The summed E-state index contributed by atoms with van der Waals surface area (Å²) in [6.45, 7) is 3.25. The van der Waals surface area contributed by atoms with Crippen molar-refractivity contribution in [1.82, 2.24) is 15.1 Å². The molecule has 0 atom stereocenters. The molecule has 3 rings (SSSR count). The molecule has 2 amide bonds. The largest absolute Gasteiger partial charge is 0.416 e. The lowest BCUT2D eigenvalue weighted by molar-refractivity contribution is -0.137. The summed E-state index contributed by atoms with van der Waals surface area (Å²) >= 11 is 1.46.